The van der Waals surface area contributed by atoms with Crippen LogP contribution < -0.4 is 29.0 Å². The first-order valence-electron chi connectivity index (χ1n) is 15.4. The number of aliphatic imine (C=N–C) groups is 1. The van der Waals surface area contributed by atoms with Crippen molar-refractivity contribution in [3.05, 3.63) is 77.4 Å². The first-order chi connectivity index (χ1) is 21.3. The van der Waals surface area contributed by atoms with Crippen LogP contribution in [0, 0.1) is 13.8 Å². The van der Waals surface area contributed by atoms with E-state index >= 15 is 0 Å². The van der Waals surface area contributed by atoms with Crippen LogP contribution in [0.15, 0.2) is 49.0 Å². The van der Waals surface area contributed by atoms with E-state index in [1.165, 1.54) is 5.56 Å². The largest absolute Gasteiger partial charge is 0.493 e. The molecule has 2 bridgehead atoms. The van der Waals surface area contributed by atoms with Crippen LogP contribution in [0.25, 0.3) is 0 Å². The van der Waals surface area contributed by atoms with Gasteiger partial charge in [-0.25, -0.2) is 0 Å². The molecule has 5 atom stereocenters. The van der Waals surface area contributed by atoms with Crippen LogP contribution in [0.5, 0.6) is 28.7 Å². The van der Waals surface area contributed by atoms with Crippen molar-refractivity contribution in [3.63, 3.8) is 0 Å². The van der Waals surface area contributed by atoms with E-state index in [4.69, 9.17) is 23.7 Å². The molecule has 0 amide bonds. The zero-order valence-electron chi connectivity index (χ0n) is 26.9. The number of benzene rings is 2. The van der Waals surface area contributed by atoms with Gasteiger partial charge in [-0.2, -0.15) is 0 Å². The van der Waals surface area contributed by atoms with E-state index in [0.29, 0.717) is 38.0 Å². The number of fused-ring (bicyclic) bond motifs is 7. The molecule has 1 saturated heterocycles. The molecule has 8 nitrogen and oxygen atoms in total. The van der Waals surface area contributed by atoms with Crippen LogP contribution in [0.2, 0.25) is 0 Å². The monoisotopic (exact) mass is 601 g/mol. The van der Waals surface area contributed by atoms with Gasteiger partial charge in [-0.3, -0.25) is 9.89 Å². The second-order valence-corrected chi connectivity index (χ2v) is 11.9. The Kier molecular flexibility index (Phi) is 9.71. The first-order valence-corrected chi connectivity index (χ1v) is 15.4. The highest BCUT2D eigenvalue weighted by molar-refractivity contribution is 5.66. The number of aryl methyl sites for hydroxylation is 1. The minimum absolute atomic E-state index is 0.0318. The third kappa shape index (κ3) is 5.39. The van der Waals surface area contributed by atoms with Gasteiger partial charge in [-0.1, -0.05) is 51.0 Å². The van der Waals surface area contributed by atoms with Crippen molar-refractivity contribution < 1.29 is 23.7 Å². The van der Waals surface area contributed by atoms with Crippen LogP contribution >= 0.6 is 0 Å². The van der Waals surface area contributed by atoms with Gasteiger partial charge in [0.2, 0.25) is 0 Å². The molecule has 236 valence electrons. The summed E-state index contributed by atoms with van der Waals surface area (Å²) in [5.41, 5.74) is 6.58. The minimum Gasteiger partial charge on any atom is -0.493 e. The molecule has 8 heteroatoms. The van der Waals surface area contributed by atoms with Gasteiger partial charge >= 0.3 is 0 Å². The van der Waals surface area contributed by atoms with E-state index in [0.717, 1.165) is 70.2 Å². The average Bonchev–Trinajstić information content (AvgIpc) is 3.12. The Balaban J connectivity index is 1.78. The molecular weight excluding hydrogens is 554 g/mol. The van der Waals surface area contributed by atoms with Gasteiger partial charge in [0.25, 0.3) is 0 Å². The number of rotatable bonds is 13. The van der Waals surface area contributed by atoms with Crippen molar-refractivity contribution in [2.24, 2.45) is 4.99 Å². The molecule has 0 spiro atoms. The minimum atomic E-state index is -0.101. The second kappa shape index (κ2) is 13.5. The number of hydrogen-bond donors (Lipinski definition) is 1. The zero-order chi connectivity index (χ0) is 31.5. The van der Waals surface area contributed by atoms with E-state index in [2.05, 4.69) is 61.6 Å². The Hall–Kier alpha value is -3.75. The molecule has 5 rings (SSSR count). The highest BCUT2D eigenvalue weighted by Gasteiger charge is 2.50. The van der Waals surface area contributed by atoms with E-state index in [1.54, 1.807) is 32.4 Å². The zero-order valence-corrected chi connectivity index (χ0v) is 26.9. The maximum Gasteiger partial charge on any atom is 0.167 e. The molecule has 2 aromatic carbocycles. The van der Waals surface area contributed by atoms with E-state index in [-0.39, 0.29) is 24.2 Å². The van der Waals surface area contributed by atoms with Gasteiger partial charge in [0.1, 0.15) is 25.6 Å². The summed E-state index contributed by atoms with van der Waals surface area (Å²) in [6.07, 6.45) is 7.02. The summed E-state index contributed by atoms with van der Waals surface area (Å²) in [4.78, 5) is 7.07. The summed E-state index contributed by atoms with van der Waals surface area (Å²) in [5.74, 6) is 4.09. The topological polar surface area (TPSA) is 73.8 Å². The summed E-state index contributed by atoms with van der Waals surface area (Å²) in [5, 5.41) is 4.06. The van der Waals surface area contributed by atoms with Crippen LogP contribution in [-0.4, -0.2) is 70.8 Å². The maximum absolute atomic E-state index is 6.45. The summed E-state index contributed by atoms with van der Waals surface area (Å²) >= 11 is 0. The molecule has 1 N–H and O–H groups in total. The van der Waals surface area contributed by atoms with Crippen molar-refractivity contribution in [3.8, 4) is 28.7 Å². The lowest BCUT2D eigenvalue weighted by Crippen LogP contribution is -2.61. The lowest BCUT2D eigenvalue weighted by atomic mass is 9.78. The van der Waals surface area contributed by atoms with Crippen LogP contribution in [-0.2, 0) is 6.42 Å². The molecule has 2 aromatic rings. The Morgan fingerprint density at radius 1 is 0.909 bits per heavy atom. The normalized spacial score (nSPS) is 23.6. The molecule has 0 aromatic heterocycles. The van der Waals surface area contributed by atoms with Crippen LogP contribution in [0.1, 0.15) is 64.7 Å². The average molecular weight is 602 g/mol. The molecule has 3 aliphatic heterocycles. The summed E-state index contributed by atoms with van der Waals surface area (Å²) in [7, 11) is 3.39. The van der Waals surface area contributed by atoms with Gasteiger partial charge in [0, 0.05) is 40.9 Å². The highest BCUT2D eigenvalue weighted by atomic mass is 16.5. The van der Waals surface area contributed by atoms with Gasteiger partial charge in [0.15, 0.2) is 23.0 Å². The molecule has 0 saturated carbocycles. The smallest absolute Gasteiger partial charge is 0.167 e. The maximum atomic E-state index is 6.45. The van der Waals surface area contributed by atoms with Crippen LogP contribution in [0.3, 0.4) is 0 Å². The number of methoxy groups -OCH3 is 2. The number of hydrogen-bond acceptors (Lipinski definition) is 8. The fourth-order valence-electron chi connectivity index (χ4n) is 7.64. The second-order valence-electron chi connectivity index (χ2n) is 11.9. The third-order valence-electron chi connectivity index (χ3n) is 9.25. The Morgan fingerprint density at radius 2 is 1.52 bits per heavy atom. The molecule has 3 heterocycles. The fourth-order valence-corrected chi connectivity index (χ4v) is 7.64. The van der Waals surface area contributed by atoms with Crippen molar-refractivity contribution in [1.29, 1.82) is 0 Å². The molecule has 44 heavy (non-hydrogen) atoms. The predicted molar refractivity (Wildman–Crippen MR) is 177 cm³/mol. The van der Waals surface area contributed by atoms with Crippen LogP contribution in [0.4, 0.5) is 0 Å². The molecule has 1 fully saturated rings. The summed E-state index contributed by atoms with van der Waals surface area (Å²) < 4.78 is 31.2. The number of piperazine rings is 1. The molecule has 5 unspecified atom stereocenters. The highest BCUT2D eigenvalue weighted by Crippen LogP contribution is 2.55. The molecular formula is C36H47N3O5. The number of nitrogens with one attached hydrogen (secondary N) is 1. The lowest BCUT2D eigenvalue weighted by molar-refractivity contribution is 0.0362. The Morgan fingerprint density at radius 3 is 2.11 bits per heavy atom. The van der Waals surface area contributed by atoms with E-state index in [1.807, 2.05) is 6.92 Å². The summed E-state index contributed by atoms with van der Waals surface area (Å²) in [6, 6.07) is 2.48. The number of ether oxygens (including phenoxy) is 5. The Labute approximate surface area is 262 Å². The fraction of sp³-hybridized carbons (Fsp3) is 0.472. The van der Waals surface area contributed by atoms with Gasteiger partial charge in [-0.15, -0.1) is 0 Å². The molecule has 3 aliphatic rings. The standard InChI is InChI=1S/C36H47N3O5/c1-10-13-42-33-23(6)34(41-9)35(43-14-11-2)29-26(33)18-27-31-30-25(17-22(5)32(40-8)36(30)44-15-12-3)21(4)16-24(38-31)20-39(27)28(29)19-37-7/h10-12,17,21,24,27-28,31,38H,1-3,7,13-16,18-20H2,4-6,8-9H3. The van der Waals surface area contributed by atoms with Crippen molar-refractivity contribution in [2.45, 2.75) is 63.7 Å². The Bertz CT molecular complexity index is 1440. The molecule has 0 radical (unpaired) electrons. The first kappa shape index (κ1) is 31.7. The van der Waals surface area contributed by atoms with Gasteiger partial charge in [-0.05, 0) is 50.5 Å². The van der Waals surface area contributed by atoms with Crippen molar-refractivity contribution in [1.82, 2.24) is 10.2 Å². The quantitative estimate of drug-likeness (QED) is 0.216. The van der Waals surface area contributed by atoms with E-state index in [9.17, 15) is 0 Å². The molecule has 0 aliphatic carbocycles. The van der Waals surface area contributed by atoms with Crippen molar-refractivity contribution in [2.75, 3.05) is 47.1 Å². The van der Waals surface area contributed by atoms with E-state index < -0.39 is 0 Å². The summed E-state index contributed by atoms with van der Waals surface area (Å²) in [6.45, 7) is 24.6. The third-order valence-corrected chi connectivity index (χ3v) is 9.25. The predicted octanol–water partition coefficient (Wildman–Crippen LogP) is 6.20. The lowest BCUT2D eigenvalue weighted by Gasteiger charge is -2.52. The SMILES string of the molecule is C=CCOc1c(C)c(OC)c(OCC=C)c2c1CC1C3NC(CC(C)c4cc(C)c(OC)c(OCC=C)c43)CN1C2CN=C. The van der Waals surface area contributed by atoms with Gasteiger partial charge < -0.3 is 29.0 Å². The van der Waals surface area contributed by atoms with Gasteiger partial charge in [0.05, 0.1) is 32.8 Å². The van der Waals surface area contributed by atoms with Crippen molar-refractivity contribution >= 4 is 6.72 Å². The number of nitrogens with zero attached hydrogens (tertiary/aromatic N) is 2.